The van der Waals surface area contributed by atoms with Crippen LogP contribution in [0, 0.1) is 47.5 Å². The maximum Gasteiger partial charge on any atom is 0.261 e. The number of amidine groups is 2. The molecule has 3 aromatic carbocycles. The highest BCUT2D eigenvalue weighted by Crippen LogP contribution is 2.31. The van der Waals surface area contributed by atoms with Gasteiger partial charge in [0, 0.05) is 110 Å². The van der Waals surface area contributed by atoms with Crippen molar-refractivity contribution < 1.29 is 33.6 Å². The number of pyridine rings is 2. The molecule has 0 saturated heterocycles. The first-order chi connectivity index (χ1) is 56.6. The molecular formula is C80H84Cl7N25O7. The van der Waals surface area contributed by atoms with Gasteiger partial charge in [-0.15, -0.1) is 0 Å². The summed E-state index contributed by atoms with van der Waals surface area (Å²) in [5.41, 5.74) is 22.2. The molecule has 1 atom stereocenters. The number of benzene rings is 3. The number of allylic oxidation sites excluding steroid dienone is 2. The van der Waals surface area contributed by atoms with E-state index in [9.17, 15) is 33.6 Å². The molecule has 0 bridgehead atoms. The zero-order chi connectivity index (χ0) is 87.2. The third-order valence-corrected chi connectivity index (χ3v) is 18.1. The fourth-order valence-corrected chi connectivity index (χ4v) is 12.2. The minimum Gasteiger partial charge on any atom is -0.398 e. The van der Waals surface area contributed by atoms with Gasteiger partial charge in [-0.25, -0.2) is 50.7 Å². The van der Waals surface area contributed by atoms with Gasteiger partial charge in [-0.2, -0.15) is 10.1 Å². The van der Waals surface area contributed by atoms with E-state index in [-0.39, 0.29) is 83.5 Å². The third kappa shape index (κ3) is 29.2. The first-order valence-corrected chi connectivity index (χ1v) is 38.7. The zero-order valence-corrected chi connectivity index (χ0v) is 71.5. The van der Waals surface area contributed by atoms with Gasteiger partial charge in [0.15, 0.2) is 11.6 Å². The summed E-state index contributed by atoms with van der Waals surface area (Å²) in [5, 5.41) is 25.0. The third-order valence-electron chi connectivity index (χ3n) is 16.5. The summed E-state index contributed by atoms with van der Waals surface area (Å²) >= 11 is 39.3. The predicted molar refractivity (Wildman–Crippen MR) is 468 cm³/mol. The van der Waals surface area contributed by atoms with Crippen LogP contribution in [-0.4, -0.2) is 139 Å². The smallest absolute Gasteiger partial charge is 0.261 e. The minimum absolute atomic E-state index is 0.00532. The van der Waals surface area contributed by atoms with Crippen molar-refractivity contribution in [1.82, 2.24) is 75.6 Å². The topological polar surface area (TPSA) is 456 Å². The lowest BCUT2D eigenvalue weighted by Crippen LogP contribution is -2.37. The van der Waals surface area contributed by atoms with Crippen LogP contribution in [0.25, 0.3) is 0 Å². The van der Waals surface area contributed by atoms with Gasteiger partial charge >= 0.3 is 0 Å². The number of nitrogens with two attached hydrogens (primary N) is 3. The Labute approximate surface area is 720 Å². The first kappa shape index (κ1) is 94.0. The SMILES string of the molecule is CC1=CC(C(=O)NC2=NCCC=C2)CC(C)=C1NC(=O)c1cnc(Cl)nc1N(C)N.CCN.Cc1cc(C(=O)NC2=NCCC=C2)cc(C)c1NC(=O)c1cnc(Cl)nc1Cl.Cc1cc(C(=O)Nc2ccccn2)cc(C)c1N.Cc1cc(C(=O)Nc2ccccn2)cc(C)c1Nc1ccnc(Cl)ncn(C)n1.O=C(Cl)c1cnc(Cl)nc1Cl. The number of amides is 6. The van der Waals surface area contributed by atoms with Gasteiger partial charge in [0.2, 0.25) is 27.0 Å². The Hall–Kier alpha value is -12.1. The lowest BCUT2D eigenvalue weighted by Gasteiger charge is -2.24. The quantitative estimate of drug-likeness (QED) is 0.0121. The van der Waals surface area contributed by atoms with Gasteiger partial charge in [0.1, 0.15) is 45.5 Å². The number of rotatable bonds is 14. The number of nitrogens with zero attached hydrogens (tertiary/aromatic N) is 15. The Morgan fingerprint density at radius 3 is 1.45 bits per heavy atom. The number of hydrogen-bond acceptors (Lipinski definition) is 25. The van der Waals surface area contributed by atoms with Crippen LogP contribution in [0.4, 0.5) is 40.3 Å². The zero-order valence-electron chi connectivity index (χ0n) is 66.2. The fourth-order valence-electron chi connectivity index (χ4n) is 11.0. The number of carbonyl (C=O) groups excluding carboxylic acids is 7. The van der Waals surface area contributed by atoms with Crippen LogP contribution in [0.15, 0.2) is 180 Å². The second kappa shape index (κ2) is 46.1. The number of nitrogen functional groups attached to an aromatic ring is 1. The summed E-state index contributed by atoms with van der Waals surface area (Å²) < 4.78 is 1.52. The Morgan fingerprint density at radius 1 is 0.521 bits per heavy atom. The van der Waals surface area contributed by atoms with Crippen LogP contribution < -0.4 is 59.5 Å². The Balaban J connectivity index is 0.000000210. The summed E-state index contributed by atoms with van der Waals surface area (Å²) in [4.78, 5) is 133. The molecule has 0 radical (unpaired) electrons. The lowest BCUT2D eigenvalue weighted by molar-refractivity contribution is -0.122. The maximum absolute atomic E-state index is 12.8. The van der Waals surface area contributed by atoms with E-state index in [1.165, 1.54) is 40.8 Å². The van der Waals surface area contributed by atoms with E-state index >= 15 is 0 Å². The molecule has 0 spiro atoms. The number of anilines is 7. The van der Waals surface area contributed by atoms with Crippen LogP contribution in [0.2, 0.25) is 31.4 Å². The van der Waals surface area contributed by atoms with Gasteiger partial charge in [-0.1, -0.05) is 60.5 Å². The molecule has 9 aromatic rings. The van der Waals surface area contributed by atoms with E-state index in [0.29, 0.717) is 76.7 Å². The van der Waals surface area contributed by atoms with Crippen LogP contribution in [0.3, 0.4) is 0 Å². The normalized spacial score (nSPS) is 12.8. The van der Waals surface area contributed by atoms with Gasteiger partial charge in [0.05, 0.1) is 17.0 Å². The van der Waals surface area contributed by atoms with Crippen LogP contribution in [-0.2, 0) is 11.8 Å². The second-order valence-electron chi connectivity index (χ2n) is 25.9. The van der Waals surface area contributed by atoms with Gasteiger partial charge in [-0.3, -0.25) is 53.2 Å². The van der Waals surface area contributed by atoms with E-state index < -0.39 is 17.1 Å². The summed E-state index contributed by atoms with van der Waals surface area (Å²) in [5.74, 6) is 6.68. The van der Waals surface area contributed by atoms with Gasteiger partial charge < -0.3 is 48.7 Å². The molecule has 2 aliphatic heterocycles. The van der Waals surface area contributed by atoms with Crippen molar-refractivity contribution in [1.29, 1.82) is 0 Å². The summed E-state index contributed by atoms with van der Waals surface area (Å²) in [6.07, 6.45) is 21.6. The van der Waals surface area contributed by atoms with Crippen molar-refractivity contribution in [2.24, 2.45) is 34.5 Å². The fraction of sp³-hybridized carbons (Fsp3) is 0.225. The summed E-state index contributed by atoms with van der Waals surface area (Å²) in [6, 6.07) is 23.0. The summed E-state index contributed by atoms with van der Waals surface area (Å²) in [6.45, 7) is 19.0. The number of halogens is 7. The molecule has 1 aliphatic carbocycles. The second-order valence-corrected chi connectivity index (χ2v) is 28.3. The summed E-state index contributed by atoms with van der Waals surface area (Å²) in [7, 11) is 3.29. The molecule has 32 nitrogen and oxygen atoms in total. The number of aliphatic imine (C=N–C) groups is 2. The molecule has 6 amide bonds. The van der Waals surface area contributed by atoms with E-state index in [0.717, 1.165) is 75.3 Å². The number of hydrazine groups is 1. The van der Waals surface area contributed by atoms with E-state index in [2.05, 4.69) is 102 Å². The molecule has 119 heavy (non-hydrogen) atoms. The largest absolute Gasteiger partial charge is 0.398 e. The molecule has 13 N–H and O–H groups in total. The molecule has 8 heterocycles. The molecule has 3 aliphatic rings. The van der Waals surface area contributed by atoms with Gasteiger partial charge in [0.25, 0.3) is 34.8 Å². The lowest BCUT2D eigenvalue weighted by atomic mass is 9.88. The van der Waals surface area contributed by atoms with Crippen molar-refractivity contribution in [2.75, 3.05) is 58.7 Å². The van der Waals surface area contributed by atoms with Crippen molar-refractivity contribution >= 4 is 174 Å². The number of hydrogen-bond donors (Lipinski definition) is 10. The van der Waals surface area contributed by atoms with Crippen molar-refractivity contribution in [3.8, 4) is 0 Å². The number of dihydropyridines is 2. The van der Waals surface area contributed by atoms with Crippen LogP contribution in [0.5, 0.6) is 0 Å². The molecular weight excluding hydrogens is 1670 g/mol. The molecule has 0 saturated carbocycles. The number of aryl methyl sites for hydroxylation is 7. The van der Waals surface area contributed by atoms with Crippen LogP contribution >= 0.6 is 81.2 Å². The molecule has 6 aromatic heterocycles. The Bertz CT molecular complexity index is 5420. The molecule has 0 fully saturated rings. The number of carbonyl (C=O) groups is 7. The maximum atomic E-state index is 12.8. The average Bonchev–Trinajstić information content (AvgIpc) is 1.07. The molecule has 39 heteroatoms. The molecule has 620 valence electrons. The van der Waals surface area contributed by atoms with Crippen LogP contribution in [0.1, 0.15) is 136 Å². The Morgan fingerprint density at radius 2 is 0.983 bits per heavy atom. The number of aromatic nitrogens is 12. The minimum atomic E-state index is -0.702. The monoisotopic (exact) mass is 1750 g/mol. The highest BCUT2D eigenvalue weighted by molar-refractivity contribution is 6.68. The Kier molecular flexibility index (Phi) is 36.5. The van der Waals surface area contributed by atoms with Crippen molar-refractivity contribution in [3.63, 3.8) is 0 Å². The van der Waals surface area contributed by atoms with E-state index in [1.54, 1.807) is 101 Å². The number of nitrogens with one attached hydrogen (secondary N) is 7. The van der Waals surface area contributed by atoms with E-state index in [1.807, 2.05) is 97.0 Å². The highest BCUT2D eigenvalue weighted by Gasteiger charge is 2.27. The highest BCUT2D eigenvalue weighted by atomic mass is 35.5. The molecule has 12 rings (SSSR count). The standard InChI is InChI=1S/C20H24ClN7O2.C20H20ClN7O.C19H17Cl2N5O2.C14H15N3O.C5HCl3N2O.C2H7N/c1-11-8-13(18(29)25-15-6-4-5-7-23-15)9-12(2)16(11)26-19(30)14-10-24-20(21)27-17(14)28(3)22;1-13-10-15(19(29)26-16-6-4-5-8-22-16)11-14(2)18(13)25-17-7-9-23-20(21)24-12-28(3)27-17;1-10-7-12(17(27)24-14-5-3-4-6-22-14)8-11(2)15(10)25-18(28)13-9-23-19(21)26-16(13)20;1-9-7-11(8-10(2)13(9)15)14(18)17-12-5-3-4-6-16-12;6-3-2(4(7)11)1-9-5(8)10-3;1-2-3/h4,6,8,10,13H,5,7,9,22H2,1-3H3,(H,26,30)(H,23,25,29);4-12H,1-3H3,(H,25,27)(H,22,26,29);3,5,7-9H,4,6H2,1-2H3,(H,25,28)(H,22,24,27);3-8H,15H2,1-2H3,(H,16,17,18);1H;2-3H2,1H3. The van der Waals surface area contributed by atoms with Crippen molar-refractivity contribution in [2.45, 2.75) is 81.6 Å². The van der Waals surface area contributed by atoms with Crippen molar-refractivity contribution in [3.05, 3.63) is 268 Å². The first-order valence-electron chi connectivity index (χ1n) is 36.0. The van der Waals surface area contributed by atoms with Gasteiger partial charge in [-0.05, 0) is 257 Å². The van der Waals surface area contributed by atoms with E-state index in [4.69, 9.17) is 98.5 Å². The predicted octanol–water partition coefficient (Wildman–Crippen LogP) is 14.3. The molecule has 1 unspecified atom stereocenters. The average molecular weight is 1760 g/mol.